The zero-order chi connectivity index (χ0) is 26.9. The lowest BCUT2D eigenvalue weighted by Crippen LogP contribution is -2.25. The number of benzene rings is 1. The van der Waals surface area contributed by atoms with E-state index in [0.29, 0.717) is 18.4 Å². The Morgan fingerprint density at radius 1 is 1.08 bits per heavy atom. The van der Waals surface area contributed by atoms with Crippen LogP contribution in [0.15, 0.2) is 59.8 Å². The molecular weight excluding hydrogens is 472 g/mol. The predicted molar refractivity (Wildman–Crippen MR) is 159 cm³/mol. The van der Waals surface area contributed by atoms with Gasteiger partial charge in [-0.25, -0.2) is 4.98 Å². The molecule has 7 heteroatoms. The van der Waals surface area contributed by atoms with E-state index in [0.717, 1.165) is 60.6 Å². The first-order valence-electron chi connectivity index (χ1n) is 13.7. The maximum absolute atomic E-state index is 6.09. The van der Waals surface area contributed by atoms with Crippen LogP contribution in [0.3, 0.4) is 0 Å². The fraction of sp³-hybridized carbons (Fsp3) is 0.387. The number of aromatic nitrogens is 3. The van der Waals surface area contributed by atoms with E-state index in [1.165, 1.54) is 16.6 Å². The van der Waals surface area contributed by atoms with Crippen LogP contribution >= 0.6 is 0 Å². The fourth-order valence-electron chi connectivity index (χ4n) is 4.88. The summed E-state index contributed by atoms with van der Waals surface area (Å²) in [6, 6.07) is 16.3. The van der Waals surface area contributed by atoms with Crippen LogP contribution < -0.4 is 15.1 Å². The first-order chi connectivity index (χ1) is 18.5. The quantitative estimate of drug-likeness (QED) is 0.148. The monoisotopic (exact) mass is 512 g/mol. The molecular formula is C31H40N6O. The number of nitrogens with zero attached hydrogens (tertiary/aromatic N) is 4. The second kappa shape index (κ2) is 13.1. The number of aromatic amines is 1. The number of H-pyrrole nitrogens is 1. The van der Waals surface area contributed by atoms with E-state index in [-0.39, 0.29) is 0 Å². The normalized spacial score (nSPS) is 11.5. The molecule has 3 heterocycles. The van der Waals surface area contributed by atoms with E-state index < -0.39 is 0 Å². The van der Waals surface area contributed by atoms with Gasteiger partial charge in [0.05, 0.1) is 24.2 Å². The Bertz CT molecular complexity index is 1340. The highest BCUT2D eigenvalue weighted by Crippen LogP contribution is 2.30. The van der Waals surface area contributed by atoms with Crippen LogP contribution in [-0.4, -0.2) is 40.9 Å². The molecule has 7 nitrogen and oxygen atoms in total. The van der Waals surface area contributed by atoms with Crippen LogP contribution in [0.25, 0.3) is 10.9 Å². The smallest absolute Gasteiger partial charge is 0.215 e. The average Bonchev–Trinajstić information content (AvgIpc) is 3.24. The molecule has 0 atom stereocenters. The molecule has 0 spiro atoms. The minimum absolute atomic E-state index is 0.444. The topological polar surface area (TPSA) is 78.4 Å². The zero-order valence-corrected chi connectivity index (χ0v) is 23.3. The Morgan fingerprint density at radius 2 is 1.89 bits per heavy atom. The highest BCUT2D eigenvalue weighted by Gasteiger charge is 2.12. The molecule has 4 rings (SSSR count). The number of hydrogen-bond acceptors (Lipinski definition) is 6. The van der Waals surface area contributed by atoms with E-state index in [9.17, 15) is 0 Å². The van der Waals surface area contributed by atoms with Gasteiger partial charge in [-0.1, -0.05) is 33.8 Å². The molecule has 0 saturated carbocycles. The summed E-state index contributed by atoms with van der Waals surface area (Å²) < 4.78 is 6.09. The summed E-state index contributed by atoms with van der Waals surface area (Å²) >= 11 is 0. The van der Waals surface area contributed by atoms with Crippen molar-refractivity contribution in [2.24, 2.45) is 5.10 Å². The van der Waals surface area contributed by atoms with E-state index in [1.54, 1.807) is 6.21 Å². The number of pyridine rings is 2. The lowest BCUT2D eigenvalue weighted by atomic mass is 9.99. The number of hydrazone groups is 1. The third kappa shape index (κ3) is 6.91. The molecule has 0 bridgehead atoms. The van der Waals surface area contributed by atoms with E-state index in [1.807, 2.05) is 36.5 Å². The Hall–Kier alpha value is -3.87. The number of hydrogen-bond donors (Lipinski definition) is 2. The second-order valence-corrected chi connectivity index (χ2v) is 9.94. The van der Waals surface area contributed by atoms with Crippen molar-refractivity contribution in [3.05, 3.63) is 77.4 Å². The van der Waals surface area contributed by atoms with Gasteiger partial charge in [-0.15, -0.1) is 0 Å². The largest absolute Gasteiger partial charge is 0.477 e. The SMILES string of the molecule is CCCN(CCC)c1cc(/C=N/Nc2ccc3[nH]c(C)c(C(C)C)c3c2)nc(OCCc2ccccn2)c1. The van der Waals surface area contributed by atoms with E-state index in [2.05, 4.69) is 78.2 Å². The van der Waals surface area contributed by atoms with Crippen molar-refractivity contribution in [3.63, 3.8) is 0 Å². The van der Waals surface area contributed by atoms with Gasteiger partial charge in [-0.05, 0) is 67.6 Å². The highest BCUT2D eigenvalue weighted by molar-refractivity contribution is 5.88. The molecule has 4 aromatic rings. The summed E-state index contributed by atoms with van der Waals surface area (Å²) in [6.45, 7) is 13.5. The maximum Gasteiger partial charge on any atom is 0.215 e. The summed E-state index contributed by atoms with van der Waals surface area (Å²) in [5.41, 5.74) is 10.7. The molecule has 200 valence electrons. The standard InChI is InChI=1S/C31H40N6O/c1-6-15-37(16-7-2)27-18-26(35-30(20-27)38-17-13-24-10-8-9-14-32-24)21-33-36-25-11-12-29-28(19-25)31(22(3)4)23(5)34-29/h8-12,14,18-22,34,36H,6-7,13,15-17H2,1-5H3/b33-21+. The van der Waals surface area contributed by atoms with Gasteiger partial charge >= 0.3 is 0 Å². The third-order valence-corrected chi connectivity index (χ3v) is 6.50. The van der Waals surface area contributed by atoms with Gasteiger partial charge in [0.15, 0.2) is 0 Å². The molecule has 38 heavy (non-hydrogen) atoms. The van der Waals surface area contributed by atoms with Gasteiger partial charge in [-0.3, -0.25) is 10.4 Å². The summed E-state index contributed by atoms with van der Waals surface area (Å²) in [5.74, 6) is 1.04. The fourth-order valence-corrected chi connectivity index (χ4v) is 4.88. The average molecular weight is 513 g/mol. The van der Waals surface area contributed by atoms with Gasteiger partial charge in [0, 0.05) is 59.8 Å². The minimum Gasteiger partial charge on any atom is -0.477 e. The van der Waals surface area contributed by atoms with Crippen LogP contribution in [0.2, 0.25) is 0 Å². The number of anilines is 2. The van der Waals surface area contributed by atoms with E-state index >= 15 is 0 Å². The highest BCUT2D eigenvalue weighted by atomic mass is 16.5. The van der Waals surface area contributed by atoms with Crippen molar-refractivity contribution < 1.29 is 4.74 Å². The maximum atomic E-state index is 6.09. The lowest BCUT2D eigenvalue weighted by Gasteiger charge is -2.24. The number of rotatable bonds is 13. The van der Waals surface area contributed by atoms with Crippen LogP contribution in [0, 0.1) is 6.92 Å². The van der Waals surface area contributed by atoms with Gasteiger partial charge in [0.2, 0.25) is 5.88 Å². The molecule has 0 aliphatic rings. The number of fused-ring (bicyclic) bond motifs is 1. The Kier molecular flexibility index (Phi) is 9.35. The minimum atomic E-state index is 0.444. The Balaban J connectivity index is 1.54. The van der Waals surface area contributed by atoms with Gasteiger partial charge in [0.1, 0.15) is 0 Å². The van der Waals surface area contributed by atoms with Gasteiger partial charge in [-0.2, -0.15) is 5.10 Å². The predicted octanol–water partition coefficient (Wildman–Crippen LogP) is 7.08. The Morgan fingerprint density at radius 3 is 2.61 bits per heavy atom. The zero-order valence-electron chi connectivity index (χ0n) is 23.3. The van der Waals surface area contributed by atoms with Crippen molar-refractivity contribution >= 4 is 28.5 Å². The Labute approximate surface area is 226 Å². The summed E-state index contributed by atoms with van der Waals surface area (Å²) in [7, 11) is 0. The lowest BCUT2D eigenvalue weighted by molar-refractivity contribution is 0.308. The van der Waals surface area contributed by atoms with Crippen molar-refractivity contribution in [2.45, 2.75) is 59.8 Å². The van der Waals surface area contributed by atoms with Crippen molar-refractivity contribution in [3.8, 4) is 5.88 Å². The first-order valence-corrected chi connectivity index (χ1v) is 13.7. The van der Waals surface area contributed by atoms with Crippen LogP contribution in [0.1, 0.15) is 69.1 Å². The number of nitrogens with one attached hydrogen (secondary N) is 2. The molecule has 1 aromatic carbocycles. The molecule has 3 aromatic heterocycles. The van der Waals surface area contributed by atoms with E-state index in [4.69, 9.17) is 9.72 Å². The van der Waals surface area contributed by atoms with Crippen LogP contribution in [-0.2, 0) is 6.42 Å². The third-order valence-electron chi connectivity index (χ3n) is 6.50. The molecule has 0 amide bonds. The van der Waals surface area contributed by atoms with Gasteiger partial charge < -0.3 is 14.6 Å². The van der Waals surface area contributed by atoms with Crippen LogP contribution in [0.4, 0.5) is 11.4 Å². The molecule has 0 saturated heterocycles. The number of ether oxygens (including phenoxy) is 1. The molecule has 0 radical (unpaired) electrons. The number of aryl methyl sites for hydroxylation is 1. The molecule has 0 unspecified atom stereocenters. The molecule has 0 fully saturated rings. The van der Waals surface area contributed by atoms with Crippen molar-refractivity contribution in [1.29, 1.82) is 0 Å². The van der Waals surface area contributed by atoms with Crippen molar-refractivity contribution in [2.75, 3.05) is 30.0 Å². The van der Waals surface area contributed by atoms with Gasteiger partial charge in [0.25, 0.3) is 0 Å². The van der Waals surface area contributed by atoms with Crippen LogP contribution in [0.5, 0.6) is 5.88 Å². The molecule has 0 aliphatic carbocycles. The van der Waals surface area contributed by atoms with Crippen molar-refractivity contribution in [1.82, 2.24) is 15.0 Å². The second-order valence-electron chi connectivity index (χ2n) is 9.94. The summed E-state index contributed by atoms with van der Waals surface area (Å²) in [4.78, 5) is 15.0. The first kappa shape index (κ1) is 27.2. The summed E-state index contributed by atoms with van der Waals surface area (Å²) in [6.07, 6.45) is 6.44. The molecule has 2 N–H and O–H groups in total. The summed E-state index contributed by atoms with van der Waals surface area (Å²) in [5, 5.41) is 5.76. The molecule has 0 aliphatic heterocycles.